The molecule has 0 spiro atoms. The van der Waals surface area contributed by atoms with Crippen molar-refractivity contribution < 1.29 is 19.8 Å². The number of piperidine rings is 1. The third kappa shape index (κ3) is 3.88. The minimum Gasteiger partial charge on any atom is -0.481 e. The monoisotopic (exact) mass is 339 g/mol. The average Bonchev–Trinajstić information content (AvgIpc) is 2.64. The fourth-order valence-corrected chi connectivity index (χ4v) is 3.35. The van der Waals surface area contributed by atoms with Crippen LogP contribution in [0.5, 0.6) is 0 Å². The number of aliphatic hydroxyl groups is 1. The Morgan fingerprint density at radius 1 is 1.04 bits per heavy atom. The van der Waals surface area contributed by atoms with Crippen LogP contribution < -0.4 is 0 Å². The number of hydrogen-bond acceptors (Lipinski definition) is 3. The lowest BCUT2D eigenvalue weighted by molar-refractivity contribution is -0.149. The molecule has 0 saturated carbocycles. The Hall–Kier alpha value is -2.66. The number of likely N-dealkylation sites (tertiary alicyclic amines) is 1. The van der Waals surface area contributed by atoms with Crippen molar-refractivity contribution in [2.75, 3.05) is 6.54 Å². The number of amides is 1. The summed E-state index contributed by atoms with van der Waals surface area (Å²) >= 11 is 0. The lowest BCUT2D eigenvalue weighted by Gasteiger charge is -2.36. The van der Waals surface area contributed by atoms with Gasteiger partial charge in [0.05, 0.1) is 12.5 Å². The summed E-state index contributed by atoms with van der Waals surface area (Å²) in [7, 11) is 0. The third-order valence-corrected chi connectivity index (χ3v) is 4.77. The van der Waals surface area contributed by atoms with Gasteiger partial charge in [-0.3, -0.25) is 9.59 Å². The molecular weight excluding hydrogens is 318 g/mol. The van der Waals surface area contributed by atoms with Gasteiger partial charge in [-0.15, -0.1) is 0 Å². The number of carbonyl (C=O) groups is 2. The standard InChI is InChI=1S/C20H21NO4/c22-13-15-6-8-16(9-7-15)17-10-19(23)21(12-18(17)20(24)25)11-14-4-2-1-3-5-14/h1-9,17-18,22H,10-13H2,(H,24,25)/t17?,18-/m0/s1. The van der Waals surface area contributed by atoms with Crippen LogP contribution in [-0.4, -0.2) is 33.5 Å². The second-order valence-electron chi connectivity index (χ2n) is 6.41. The normalized spacial score (nSPS) is 20.5. The Kier molecular flexibility index (Phi) is 5.14. The number of rotatable bonds is 5. The van der Waals surface area contributed by atoms with Crippen molar-refractivity contribution in [1.82, 2.24) is 4.90 Å². The van der Waals surface area contributed by atoms with E-state index >= 15 is 0 Å². The highest BCUT2D eigenvalue weighted by atomic mass is 16.4. The smallest absolute Gasteiger partial charge is 0.308 e. The second-order valence-corrected chi connectivity index (χ2v) is 6.41. The van der Waals surface area contributed by atoms with Crippen molar-refractivity contribution in [3.05, 3.63) is 71.3 Å². The quantitative estimate of drug-likeness (QED) is 0.877. The predicted octanol–water partition coefficient (Wildman–Crippen LogP) is 2.40. The highest BCUT2D eigenvalue weighted by Crippen LogP contribution is 2.34. The zero-order valence-electron chi connectivity index (χ0n) is 13.8. The number of benzene rings is 2. The molecule has 0 bridgehead atoms. The molecule has 1 saturated heterocycles. The van der Waals surface area contributed by atoms with E-state index in [0.717, 1.165) is 16.7 Å². The van der Waals surface area contributed by atoms with Gasteiger partial charge >= 0.3 is 5.97 Å². The number of hydrogen-bond donors (Lipinski definition) is 2. The highest BCUT2D eigenvalue weighted by Gasteiger charge is 2.39. The molecule has 130 valence electrons. The molecule has 1 aliphatic heterocycles. The zero-order valence-corrected chi connectivity index (χ0v) is 13.8. The van der Waals surface area contributed by atoms with Crippen molar-refractivity contribution in [2.45, 2.75) is 25.5 Å². The summed E-state index contributed by atoms with van der Waals surface area (Å²) in [6, 6.07) is 16.8. The Balaban J connectivity index is 1.80. The van der Waals surface area contributed by atoms with Crippen LogP contribution in [0.2, 0.25) is 0 Å². The Morgan fingerprint density at radius 2 is 1.72 bits per heavy atom. The number of nitrogens with zero attached hydrogens (tertiary/aromatic N) is 1. The van der Waals surface area contributed by atoms with E-state index in [4.69, 9.17) is 5.11 Å². The lowest BCUT2D eigenvalue weighted by atomic mass is 9.80. The molecule has 2 aromatic rings. The maximum absolute atomic E-state index is 12.6. The van der Waals surface area contributed by atoms with Crippen molar-refractivity contribution in [2.24, 2.45) is 5.92 Å². The number of carboxylic acids is 1. The molecule has 0 aliphatic carbocycles. The molecule has 1 heterocycles. The molecule has 1 aliphatic rings. The maximum atomic E-state index is 12.6. The molecule has 0 aromatic heterocycles. The van der Waals surface area contributed by atoms with Crippen molar-refractivity contribution in [1.29, 1.82) is 0 Å². The van der Waals surface area contributed by atoms with Crippen LogP contribution in [0.15, 0.2) is 54.6 Å². The van der Waals surface area contributed by atoms with Crippen molar-refractivity contribution in [3.63, 3.8) is 0 Å². The molecule has 1 amide bonds. The summed E-state index contributed by atoms with van der Waals surface area (Å²) < 4.78 is 0. The van der Waals surface area contributed by atoms with Crippen molar-refractivity contribution in [3.8, 4) is 0 Å². The average molecular weight is 339 g/mol. The van der Waals surface area contributed by atoms with Crippen LogP contribution in [-0.2, 0) is 22.7 Å². The number of aliphatic hydroxyl groups excluding tert-OH is 1. The van der Waals surface area contributed by atoms with Crippen molar-refractivity contribution >= 4 is 11.9 Å². The fraction of sp³-hybridized carbons (Fsp3) is 0.300. The number of aliphatic carboxylic acids is 1. The summed E-state index contributed by atoms with van der Waals surface area (Å²) in [6.07, 6.45) is 0.183. The van der Waals surface area contributed by atoms with Gasteiger partial charge in [-0.25, -0.2) is 0 Å². The van der Waals surface area contributed by atoms with Crippen LogP contribution >= 0.6 is 0 Å². The van der Waals surface area contributed by atoms with E-state index < -0.39 is 11.9 Å². The molecule has 3 rings (SSSR count). The van der Waals surface area contributed by atoms with E-state index in [1.165, 1.54) is 0 Å². The minimum absolute atomic E-state index is 0.0300. The first kappa shape index (κ1) is 17.2. The maximum Gasteiger partial charge on any atom is 0.308 e. The summed E-state index contributed by atoms with van der Waals surface area (Å²) in [5.74, 6) is -1.90. The van der Waals surface area contributed by atoms with E-state index in [1.807, 2.05) is 42.5 Å². The van der Waals surface area contributed by atoms with Crippen LogP contribution in [0.4, 0.5) is 0 Å². The molecule has 0 radical (unpaired) electrons. The Bertz CT molecular complexity index is 742. The van der Waals surface area contributed by atoms with E-state index in [1.54, 1.807) is 17.0 Å². The molecule has 2 atom stereocenters. The third-order valence-electron chi connectivity index (χ3n) is 4.77. The number of carbonyl (C=O) groups excluding carboxylic acids is 1. The van der Waals surface area contributed by atoms with E-state index in [2.05, 4.69) is 0 Å². The lowest BCUT2D eigenvalue weighted by Crippen LogP contribution is -2.45. The van der Waals surface area contributed by atoms with E-state index in [-0.39, 0.29) is 31.4 Å². The highest BCUT2D eigenvalue weighted by molar-refractivity contribution is 5.82. The van der Waals surface area contributed by atoms with Crippen LogP contribution in [0.25, 0.3) is 0 Å². The van der Waals surface area contributed by atoms with Gasteiger partial charge in [-0.2, -0.15) is 0 Å². The molecule has 5 heteroatoms. The van der Waals surface area contributed by atoms with Gasteiger partial charge < -0.3 is 15.1 Å². The van der Waals surface area contributed by atoms with Gasteiger partial charge in [0.1, 0.15) is 0 Å². The fourth-order valence-electron chi connectivity index (χ4n) is 3.35. The molecule has 25 heavy (non-hydrogen) atoms. The summed E-state index contributed by atoms with van der Waals surface area (Å²) in [4.78, 5) is 26.0. The van der Waals surface area contributed by atoms with E-state index in [0.29, 0.717) is 6.54 Å². The first-order valence-electron chi connectivity index (χ1n) is 8.32. The van der Waals surface area contributed by atoms with Crippen LogP contribution in [0.3, 0.4) is 0 Å². The first-order valence-corrected chi connectivity index (χ1v) is 8.32. The van der Waals surface area contributed by atoms with Gasteiger partial charge in [-0.05, 0) is 16.7 Å². The van der Waals surface area contributed by atoms with Gasteiger partial charge in [-0.1, -0.05) is 54.6 Å². The largest absolute Gasteiger partial charge is 0.481 e. The Morgan fingerprint density at radius 3 is 2.32 bits per heavy atom. The molecule has 5 nitrogen and oxygen atoms in total. The summed E-state index contributed by atoms with van der Waals surface area (Å²) in [5, 5.41) is 18.8. The summed E-state index contributed by atoms with van der Waals surface area (Å²) in [5.41, 5.74) is 2.59. The van der Waals surface area contributed by atoms with E-state index in [9.17, 15) is 14.7 Å². The second kappa shape index (κ2) is 7.49. The minimum atomic E-state index is -0.887. The summed E-state index contributed by atoms with van der Waals surface area (Å²) in [6.45, 7) is 0.576. The van der Waals surface area contributed by atoms with Gasteiger partial charge in [0.25, 0.3) is 0 Å². The van der Waals surface area contributed by atoms with Crippen LogP contribution in [0, 0.1) is 5.92 Å². The van der Waals surface area contributed by atoms with Gasteiger partial charge in [0, 0.05) is 25.4 Å². The Labute approximate surface area is 146 Å². The van der Waals surface area contributed by atoms with Gasteiger partial charge in [0.2, 0.25) is 5.91 Å². The first-order chi connectivity index (χ1) is 12.1. The number of carboxylic acid groups (broad SMARTS) is 1. The molecule has 2 N–H and O–H groups in total. The molecule has 2 aromatic carbocycles. The molecule has 1 unspecified atom stereocenters. The predicted molar refractivity (Wildman–Crippen MR) is 92.7 cm³/mol. The molecular formula is C20H21NO4. The SMILES string of the molecule is O=C(O)[C@H]1CN(Cc2ccccc2)C(=O)CC1c1ccc(CO)cc1. The van der Waals surface area contributed by atoms with Crippen LogP contribution in [0.1, 0.15) is 29.0 Å². The molecule has 1 fully saturated rings. The zero-order chi connectivity index (χ0) is 17.8. The topological polar surface area (TPSA) is 77.8 Å². The van der Waals surface area contributed by atoms with Gasteiger partial charge in [0.15, 0.2) is 0 Å².